The molecule has 1 aliphatic heterocycles. The smallest absolute Gasteiger partial charge is 0.311 e. The summed E-state index contributed by atoms with van der Waals surface area (Å²) >= 11 is 12.5. The van der Waals surface area contributed by atoms with E-state index in [9.17, 15) is 9.59 Å². The molecule has 2 aromatic rings. The molecule has 8 heteroatoms. The minimum Gasteiger partial charge on any atom is -0.425 e. The first-order valence-electron chi connectivity index (χ1n) is 11.6. The Labute approximate surface area is 204 Å². The fourth-order valence-corrected chi connectivity index (χ4v) is 4.08. The zero-order valence-corrected chi connectivity index (χ0v) is 20.7. The molecule has 2 aromatic carbocycles. The van der Waals surface area contributed by atoms with Crippen LogP contribution in [-0.2, 0) is 21.1 Å². The number of benzene rings is 2. The molecule has 0 aliphatic carbocycles. The number of hydrogen-bond donors (Lipinski definition) is 0. The molecule has 0 fully saturated rings. The maximum absolute atomic E-state index is 12.6. The Kier molecular flexibility index (Phi) is 9.65. The van der Waals surface area contributed by atoms with E-state index in [1.165, 1.54) is 0 Å². The number of rotatable bonds is 12. The maximum Gasteiger partial charge on any atom is 0.311 e. The average Bonchev–Trinajstić information content (AvgIpc) is 3.28. The van der Waals surface area contributed by atoms with E-state index >= 15 is 0 Å². The van der Waals surface area contributed by atoms with E-state index in [0.29, 0.717) is 33.5 Å². The third-order valence-electron chi connectivity index (χ3n) is 5.55. The summed E-state index contributed by atoms with van der Waals surface area (Å²) in [6.45, 7) is 4.27. The van der Waals surface area contributed by atoms with Crippen molar-refractivity contribution in [1.29, 1.82) is 0 Å². The third kappa shape index (κ3) is 6.52. The summed E-state index contributed by atoms with van der Waals surface area (Å²) in [5.74, 6) is -0.0275. The highest BCUT2D eigenvalue weighted by atomic mass is 35.5. The average molecular weight is 497 g/mol. The molecular weight excluding hydrogens is 467 g/mol. The van der Waals surface area contributed by atoms with Crippen LogP contribution in [0.15, 0.2) is 12.1 Å². The van der Waals surface area contributed by atoms with Crippen molar-refractivity contribution in [3.8, 4) is 17.2 Å². The van der Waals surface area contributed by atoms with E-state index < -0.39 is 0 Å². The normalized spacial score (nSPS) is 12.5. The van der Waals surface area contributed by atoms with Crippen LogP contribution in [0.25, 0.3) is 10.8 Å². The fraction of sp³-hybridized carbons (Fsp3) is 0.520. The fourth-order valence-electron chi connectivity index (χ4n) is 3.75. The Morgan fingerprint density at radius 3 is 1.88 bits per heavy atom. The molecule has 0 aromatic heterocycles. The van der Waals surface area contributed by atoms with Crippen molar-refractivity contribution in [2.45, 2.75) is 84.7 Å². The largest absolute Gasteiger partial charge is 0.425 e. The summed E-state index contributed by atoms with van der Waals surface area (Å²) in [4.78, 5) is 35.6. The number of carbonyl (C=O) groups is 2. The summed E-state index contributed by atoms with van der Waals surface area (Å²) in [6.07, 6.45) is 8.29. The van der Waals surface area contributed by atoms with Crippen molar-refractivity contribution in [2.24, 2.45) is 0 Å². The topological polar surface area (TPSA) is 71.1 Å². The second kappa shape index (κ2) is 12.4. The van der Waals surface area contributed by atoms with Crippen molar-refractivity contribution in [3.63, 3.8) is 0 Å². The molecule has 0 spiro atoms. The molecule has 180 valence electrons. The van der Waals surface area contributed by atoms with Crippen LogP contribution in [0.1, 0.15) is 83.6 Å². The summed E-state index contributed by atoms with van der Waals surface area (Å²) in [5, 5.41) is 1.54. The van der Waals surface area contributed by atoms with Gasteiger partial charge in [0.25, 0.3) is 0 Å². The molecule has 3 rings (SSSR count). The summed E-state index contributed by atoms with van der Waals surface area (Å²) in [7, 11) is 0. The van der Waals surface area contributed by atoms with Crippen molar-refractivity contribution < 1.29 is 28.8 Å². The second-order valence-corrected chi connectivity index (χ2v) is 9.01. The van der Waals surface area contributed by atoms with Crippen LogP contribution >= 0.6 is 23.2 Å². The number of fused-ring (bicyclic) bond motifs is 2. The molecule has 0 saturated heterocycles. The molecule has 0 atom stereocenters. The zero-order valence-electron chi connectivity index (χ0n) is 19.1. The molecule has 0 radical (unpaired) electrons. The monoisotopic (exact) mass is 496 g/mol. The van der Waals surface area contributed by atoms with Gasteiger partial charge in [-0.2, -0.15) is 4.89 Å². The van der Waals surface area contributed by atoms with Crippen molar-refractivity contribution in [2.75, 3.05) is 0 Å². The van der Waals surface area contributed by atoms with Gasteiger partial charge < -0.3 is 14.4 Å². The van der Waals surface area contributed by atoms with Crippen LogP contribution in [0.5, 0.6) is 17.2 Å². The molecule has 1 heterocycles. The van der Waals surface area contributed by atoms with Crippen LogP contribution in [0.2, 0.25) is 10.0 Å². The minimum absolute atomic E-state index is 0.0466. The van der Waals surface area contributed by atoms with Crippen LogP contribution in [-0.4, -0.2) is 11.9 Å². The molecule has 0 unspecified atom stereocenters. The Morgan fingerprint density at radius 2 is 1.33 bits per heavy atom. The van der Waals surface area contributed by atoms with Crippen LogP contribution in [0.4, 0.5) is 0 Å². The lowest BCUT2D eigenvalue weighted by Crippen LogP contribution is -2.11. The molecule has 0 saturated carbocycles. The van der Waals surface area contributed by atoms with Crippen molar-refractivity contribution in [1.82, 2.24) is 0 Å². The van der Waals surface area contributed by atoms with Crippen LogP contribution < -0.4 is 14.4 Å². The Morgan fingerprint density at radius 1 is 0.818 bits per heavy atom. The Hall–Kier alpha value is -2.02. The first-order chi connectivity index (χ1) is 16.0. The molecule has 0 bridgehead atoms. The van der Waals surface area contributed by atoms with E-state index in [2.05, 4.69) is 13.8 Å². The van der Waals surface area contributed by atoms with Crippen molar-refractivity contribution >= 4 is 45.9 Å². The summed E-state index contributed by atoms with van der Waals surface area (Å²) in [5.41, 5.74) is 0.497. The quantitative estimate of drug-likeness (QED) is 0.129. The van der Waals surface area contributed by atoms with Gasteiger partial charge in [-0.1, -0.05) is 75.6 Å². The van der Waals surface area contributed by atoms with Crippen LogP contribution in [0.3, 0.4) is 0 Å². The van der Waals surface area contributed by atoms with Gasteiger partial charge >= 0.3 is 11.9 Å². The van der Waals surface area contributed by atoms with E-state index in [4.69, 9.17) is 42.5 Å². The highest BCUT2D eigenvalue weighted by Crippen LogP contribution is 2.50. The molecule has 6 nitrogen and oxygen atoms in total. The standard InChI is InChI=1S/C25H30Cl2O6/c1-3-5-7-9-11-21(28)31-23-16-13-19(26)20(27)14-17(16)24(25-18(23)15-30-33-25)32-22(29)12-10-8-6-4-2/h13-14H,3-12,15H2,1-2H3. The number of ether oxygens (including phenoxy) is 2. The second-order valence-electron chi connectivity index (χ2n) is 8.19. The molecule has 1 aliphatic rings. The molecule has 33 heavy (non-hydrogen) atoms. The first kappa shape index (κ1) is 25.6. The van der Waals surface area contributed by atoms with Gasteiger partial charge in [0.1, 0.15) is 12.4 Å². The number of halogens is 2. The van der Waals surface area contributed by atoms with E-state index in [1.807, 2.05) is 0 Å². The number of hydrogen-bond acceptors (Lipinski definition) is 6. The Balaban J connectivity index is 1.93. The number of carbonyl (C=O) groups excluding carboxylic acids is 2. The predicted molar refractivity (Wildman–Crippen MR) is 128 cm³/mol. The highest BCUT2D eigenvalue weighted by molar-refractivity contribution is 6.43. The van der Waals surface area contributed by atoms with E-state index in [0.717, 1.165) is 51.4 Å². The lowest BCUT2D eigenvalue weighted by Gasteiger charge is -2.16. The van der Waals surface area contributed by atoms with Gasteiger partial charge in [0.15, 0.2) is 5.75 Å². The minimum atomic E-state index is -0.378. The molecular formula is C25H30Cl2O6. The first-order valence-corrected chi connectivity index (χ1v) is 12.4. The number of esters is 2. The lowest BCUT2D eigenvalue weighted by atomic mass is 10.0. The highest BCUT2D eigenvalue weighted by Gasteiger charge is 2.31. The summed E-state index contributed by atoms with van der Waals surface area (Å²) in [6, 6.07) is 3.19. The van der Waals surface area contributed by atoms with E-state index in [1.54, 1.807) is 12.1 Å². The van der Waals surface area contributed by atoms with Gasteiger partial charge in [-0.05, 0) is 25.0 Å². The Bertz CT molecular complexity index is 926. The zero-order chi connectivity index (χ0) is 23.8. The predicted octanol–water partition coefficient (Wildman–Crippen LogP) is 7.72. The third-order valence-corrected chi connectivity index (χ3v) is 6.27. The number of unbranched alkanes of at least 4 members (excludes halogenated alkanes) is 6. The van der Waals surface area contributed by atoms with Gasteiger partial charge in [0.05, 0.1) is 15.6 Å². The van der Waals surface area contributed by atoms with Gasteiger partial charge in [0, 0.05) is 23.6 Å². The van der Waals surface area contributed by atoms with Gasteiger partial charge in [-0.25, -0.2) is 0 Å². The van der Waals surface area contributed by atoms with E-state index in [-0.39, 0.29) is 41.5 Å². The SMILES string of the molecule is CCCCCCC(=O)Oc1c2c(c(OC(=O)CCCCCC)c3cc(Cl)c(Cl)cc13)OOC2. The maximum atomic E-state index is 12.6. The van der Waals surface area contributed by atoms with Crippen molar-refractivity contribution in [3.05, 3.63) is 27.7 Å². The van der Waals surface area contributed by atoms with Gasteiger partial charge in [-0.15, -0.1) is 0 Å². The molecule has 0 amide bonds. The molecule has 0 N–H and O–H groups in total. The van der Waals surface area contributed by atoms with Crippen LogP contribution in [0, 0.1) is 0 Å². The lowest BCUT2D eigenvalue weighted by molar-refractivity contribution is -0.195. The van der Waals surface area contributed by atoms with Gasteiger partial charge in [-0.3, -0.25) is 9.59 Å². The summed E-state index contributed by atoms with van der Waals surface area (Å²) < 4.78 is 11.5. The van der Waals surface area contributed by atoms with Gasteiger partial charge in [0.2, 0.25) is 5.75 Å².